The van der Waals surface area contributed by atoms with E-state index in [9.17, 15) is 14.7 Å². The number of rotatable bonds is 13. The number of primary amides is 1. The molecule has 228 valence electrons. The summed E-state index contributed by atoms with van der Waals surface area (Å²) in [6.45, 7) is 7.51. The number of amides is 1. The van der Waals surface area contributed by atoms with E-state index in [0.717, 1.165) is 79.9 Å². The summed E-state index contributed by atoms with van der Waals surface area (Å²) in [7, 11) is 3.72. The maximum atomic E-state index is 11.3. The molecule has 1 aliphatic rings. The van der Waals surface area contributed by atoms with Crippen molar-refractivity contribution in [1.82, 2.24) is 14.9 Å². The number of benzene rings is 1. The Kier molecular flexibility index (Phi) is 16.4. The van der Waals surface area contributed by atoms with Gasteiger partial charge in [0, 0.05) is 68.8 Å². The number of hydrogen-bond donors (Lipinski definition) is 5. The van der Waals surface area contributed by atoms with Gasteiger partial charge in [-0.05, 0) is 44.9 Å². The van der Waals surface area contributed by atoms with Gasteiger partial charge in [-0.15, -0.1) is 0 Å². The van der Waals surface area contributed by atoms with Gasteiger partial charge in [0.2, 0.25) is 0 Å². The fourth-order valence-corrected chi connectivity index (χ4v) is 4.40. The number of aliphatic imine (C=N–C) groups is 1. The highest BCUT2D eigenvalue weighted by Crippen LogP contribution is 2.25. The van der Waals surface area contributed by atoms with E-state index < -0.39 is 11.5 Å². The molecule has 7 N–H and O–H groups in total. The average molecular weight is 570 g/mol. The maximum absolute atomic E-state index is 11.3. The fourth-order valence-electron chi connectivity index (χ4n) is 4.40. The van der Waals surface area contributed by atoms with Gasteiger partial charge < -0.3 is 26.5 Å². The number of nitrogens with two attached hydrogens (primary N) is 2. The van der Waals surface area contributed by atoms with Gasteiger partial charge in [-0.2, -0.15) is 0 Å². The highest BCUT2D eigenvalue weighted by atomic mass is 16.3. The molecule has 3 rings (SSSR count). The Morgan fingerprint density at radius 3 is 2.46 bits per heavy atom. The molecule has 1 aliphatic heterocycles. The molecular formula is C31H51N7O3. The normalized spacial score (nSPS) is 14.5. The number of aromatic nitrogens is 2. The lowest BCUT2D eigenvalue weighted by Crippen LogP contribution is -2.45. The molecule has 1 aromatic heterocycles. The number of aryl methyl sites for hydroxylation is 1. The van der Waals surface area contributed by atoms with Gasteiger partial charge in [-0.25, -0.2) is 4.98 Å². The van der Waals surface area contributed by atoms with Crippen LogP contribution < -0.4 is 11.5 Å². The Balaban J connectivity index is 0.000000445. The van der Waals surface area contributed by atoms with E-state index in [-0.39, 0.29) is 12.1 Å². The van der Waals surface area contributed by atoms with Crippen LogP contribution in [0.4, 0.5) is 5.69 Å². The first-order chi connectivity index (χ1) is 19.6. The predicted octanol–water partition coefficient (Wildman–Crippen LogP) is 4.54. The molecule has 1 saturated heterocycles. The first-order valence-electron chi connectivity index (χ1n) is 14.7. The zero-order chi connectivity index (χ0) is 30.8. The lowest BCUT2D eigenvalue weighted by molar-refractivity contribution is -0.118. The number of nitrogens with zero attached hydrogens (tertiary/aromatic N) is 3. The number of ketones is 1. The minimum Gasteiger partial charge on any atom is -0.398 e. The van der Waals surface area contributed by atoms with E-state index in [2.05, 4.69) is 19.9 Å². The third-order valence-electron chi connectivity index (χ3n) is 7.03. The summed E-state index contributed by atoms with van der Waals surface area (Å²) in [5.41, 5.74) is 13.5. The van der Waals surface area contributed by atoms with Gasteiger partial charge in [-0.3, -0.25) is 20.0 Å². The summed E-state index contributed by atoms with van der Waals surface area (Å²) in [4.78, 5) is 35.9. The molecule has 1 fully saturated rings. The molecule has 0 unspecified atom stereocenters. The second-order valence-electron chi connectivity index (χ2n) is 10.3. The lowest BCUT2D eigenvalue weighted by Gasteiger charge is -2.36. The largest absolute Gasteiger partial charge is 0.398 e. The van der Waals surface area contributed by atoms with Crippen LogP contribution in [0.2, 0.25) is 0 Å². The Hall–Kier alpha value is -3.37. The molecule has 1 aromatic carbocycles. The molecule has 0 bridgehead atoms. The molecule has 0 saturated carbocycles. The Bertz CT molecular complexity index is 1120. The van der Waals surface area contributed by atoms with Gasteiger partial charge in [0.1, 0.15) is 11.6 Å². The van der Waals surface area contributed by atoms with Crippen LogP contribution in [-0.4, -0.2) is 76.4 Å². The number of H-pyrrole nitrogens is 1. The number of nitrogen functional groups attached to an aromatic ring is 1. The van der Waals surface area contributed by atoms with Crippen molar-refractivity contribution in [3.8, 4) is 11.3 Å². The summed E-state index contributed by atoms with van der Waals surface area (Å²) in [5, 5.41) is 17.3. The van der Waals surface area contributed by atoms with Crippen LogP contribution in [0.3, 0.4) is 0 Å². The Morgan fingerprint density at radius 1 is 1.20 bits per heavy atom. The summed E-state index contributed by atoms with van der Waals surface area (Å²) < 4.78 is 0. The van der Waals surface area contributed by atoms with E-state index in [1.165, 1.54) is 0 Å². The quantitative estimate of drug-likeness (QED) is 0.134. The van der Waals surface area contributed by atoms with Crippen molar-refractivity contribution < 1.29 is 14.7 Å². The van der Waals surface area contributed by atoms with Gasteiger partial charge in [0.25, 0.3) is 5.91 Å². The summed E-state index contributed by atoms with van der Waals surface area (Å²) in [6.07, 6.45) is 11.5. The molecule has 1 amide bonds. The molecule has 0 spiro atoms. The monoisotopic (exact) mass is 569 g/mol. The fraction of sp³-hybridized carbons (Fsp3) is 0.581. The number of Topliss-reactive ketones (excluding diaryl/α,β-unsaturated/α-hetero) is 1. The number of imidazole rings is 1. The number of carbonyl (C=O) groups excluding carboxylic acids is 2. The average Bonchev–Trinajstić information content (AvgIpc) is 3.44. The minimum atomic E-state index is -0.904. The molecule has 41 heavy (non-hydrogen) atoms. The number of aromatic amines is 1. The van der Waals surface area contributed by atoms with Crippen molar-refractivity contribution in [2.75, 3.05) is 32.9 Å². The third-order valence-corrected chi connectivity index (χ3v) is 7.03. The van der Waals surface area contributed by atoms with E-state index in [4.69, 9.17) is 16.9 Å². The zero-order valence-electron chi connectivity index (χ0n) is 25.6. The third kappa shape index (κ3) is 13.2. The van der Waals surface area contributed by atoms with Crippen molar-refractivity contribution in [2.45, 2.75) is 90.6 Å². The second kappa shape index (κ2) is 18.9. The number of hydrogen-bond acceptors (Lipinski definition) is 8. The number of nitrogens with one attached hydrogen (secondary N) is 2. The van der Waals surface area contributed by atoms with Crippen molar-refractivity contribution in [3.63, 3.8) is 0 Å². The summed E-state index contributed by atoms with van der Waals surface area (Å²) in [6, 6.07) is 5.90. The number of aliphatic hydroxyl groups is 1. The SMILES string of the molecule is CC.CCC(=O)CCCCCCc1ncc(-c2ccc(N)c(C=NC)c2)[nH]1.CN1CCC(O)(CC(=N)C(N)=O)CC1. The van der Waals surface area contributed by atoms with Crippen LogP contribution >= 0.6 is 0 Å². The molecule has 2 heterocycles. The molecule has 0 aliphatic carbocycles. The van der Waals surface area contributed by atoms with E-state index >= 15 is 0 Å². The Labute approximate surface area is 245 Å². The molecule has 0 radical (unpaired) electrons. The van der Waals surface area contributed by atoms with Crippen LogP contribution in [0.5, 0.6) is 0 Å². The molecular weight excluding hydrogens is 518 g/mol. The summed E-state index contributed by atoms with van der Waals surface area (Å²) >= 11 is 0. The van der Waals surface area contributed by atoms with Crippen molar-refractivity contribution in [1.29, 1.82) is 5.41 Å². The van der Waals surface area contributed by atoms with Gasteiger partial charge in [-0.1, -0.05) is 39.7 Å². The second-order valence-corrected chi connectivity index (χ2v) is 10.3. The molecule has 10 nitrogen and oxygen atoms in total. The minimum absolute atomic E-state index is 0.0795. The standard InChI is InChI=1S/C20H28N4O.C9H17N3O2.C2H6/c1-3-17(25)8-6-4-5-7-9-20-23-14-19(24-20)15-10-11-18(21)16(12-15)13-22-2;1-12-4-2-9(14,3-5-12)6-7(10)8(11)13;1-2/h10-14H,3-9,21H2,1-2H3,(H,23,24);10,14H,2-6H2,1H3,(H2,11,13);1-2H3. The molecule has 2 aromatic rings. The first-order valence-corrected chi connectivity index (χ1v) is 14.7. The Morgan fingerprint density at radius 2 is 1.85 bits per heavy atom. The lowest BCUT2D eigenvalue weighted by atomic mass is 9.86. The number of anilines is 1. The highest BCUT2D eigenvalue weighted by Gasteiger charge is 2.33. The predicted molar refractivity (Wildman–Crippen MR) is 169 cm³/mol. The molecule has 10 heteroatoms. The number of piperidine rings is 1. The summed E-state index contributed by atoms with van der Waals surface area (Å²) in [5.74, 6) is 0.631. The van der Waals surface area contributed by atoms with Gasteiger partial charge in [0.05, 0.1) is 23.2 Å². The van der Waals surface area contributed by atoms with E-state index in [1.54, 1.807) is 13.3 Å². The van der Waals surface area contributed by atoms with Crippen molar-refractivity contribution >= 4 is 29.3 Å². The zero-order valence-corrected chi connectivity index (χ0v) is 25.6. The van der Waals surface area contributed by atoms with Crippen molar-refractivity contribution in [2.24, 2.45) is 10.7 Å². The van der Waals surface area contributed by atoms with E-state index in [0.29, 0.717) is 25.0 Å². The molecule has 0 atom stereocenters. The van der Waals surface area contributed by atoms with E-state index in [1.807, 2.05) is 52.2 Å². The van der Waals surface area contributed by atoms with Crippen LogP contribution in [0, 0.1) is 5.41 Å². The van der Waals surface area contributed by atoms with Crippen molar-refractivity contribution in [3.05, 3.63) is 35.8 Å². The topological polar surface area (TPSA) is 175 Å². The smallest absolute Gasteiger partial charge is 0.262 e. The van der Waals surface area contributed by atoms with Gasteiger partial charge >= 0.3 is 0 Å². The first kappa shape index (κ1) is 35.7. The van der Waals surface area contributed by atoms with Crippen LogP contribution in [0.15, 0.2) is 29.4 Å². The van der Waals surface area contributed by atoms with Gasteiger partial charge in [0.15, 0.2) is 0 Å². The number of carbonyl (C=O) groups is 2. The highest BCUT2D eigenvalue weighted by molar-refractivity contribution is 6.37. The van der Waals surface area contributed by atoms with Crippen LogP contribution in [-0.2, 0) is 16.0 Å². The van der Waals surface area contributed by atoms with Crippen LogP contribution in [0.1, 0.15) is 89.9 Å². The number of likely N-dealkylation sites (tertiary alicyclic amines) is 1. The number of unbranched alkanes of at least 4 members (excludes halogenated alkanes) is 3. The van der Waals surface area contributed by atoms with Crippen LogP contribution in [0.25, 0.3) is 11.3 Å². The maximum Gasteiger partial charge on any atom is 0.262 e.